The number of aromatic hydroxyl groups is 1. The molecule has 0 amide bonds. The molecule has 0 spiro atoms. The number of benzene rings is 1. The van der Waals surface area contributed by atoms with Crippen molar-refractivity contribution in [2.24, 2.45) is 0 Å². The monoisotopic (exact) mass is 221 g/mol. The van der Waals surface area contributed by atoms with E-state index in [1.807, 2.05) is 24.5 Å². The number of thioether (sulfide) groups is 1. The van der Waals surface area contributed by atoms with Gasteiger partial charge in [0.15, 0.2) is 0 Å². The minimum absolute atomic E-state index is 0.260. The normalized spacial score (nSPS) is 10.5. The topological polar surface area (TPSA) is 42.4 Å². The van der Waals surface area contributed by atoms with Crippen LogP contribution < -0.4 is 4.74 Å². The van der Waals surface area contributed by atoms with Crippen LogP contribution in [0.1, 0.15) is 0 Å². The average molecular weight is 221 g/mol. The Labute approximate surface area is 92.1 Å². The molecule has 0 bridgehead atoms. The van der Waals surface area contributed by atoms with E-state index in [-0.39, 0.29) is 5.75 Å². The summed E-state index contributed by atoms with van der Waals surface area (Å²) in [6, 6.07) is 7.27. The van der Waals surface area contributed by atoms with Crippen LogP contribution in [0.15, 0.2) is 29.2 Å². The summed E-state index contributed by atoms with van der Waals surface area (Å²) in [5, 5.41) is 10.7. The van der Waals surface area contributed by atoms with Crippen LogP contribution in [0.5, 0.6) is 11.6 Å². The first-order valence-electron chi connectivity index (χ1n) is 4.47. The number of ether oxygens (including phenoxy) is 1. The highest BCUT2D eigenvalue weighted by Crippen LogP contribution is 2.33. The number of aromatic nitrogens is 1. The van der Waals surface area contributed by atoms with Crippen LogP contribution in [-0.4, -0.2) is 23.5 Å². The molecule has 3 nitrogen and oxygen atoms in total. The van der Waals surface area contributed by atoms with Gasteiger partial charge in [-0.25, -0.2) is 4.98 Å². The van der Waals surface area contributed by atoms with Crippen molar-refractivity contribution in [3.8, 4) is 11.6 Å². The second kappa shape index (κ2) is 3.98. The van der Waals surface area contributed by atoms with Crippen LogP contribution in [0.4, 0.5) is 0 Å². The predicted molar refractivity (Wildman–Crippen MR) is 61.7 cm³/mol. The summed E-state index contributed by atoms with van der Waals surface area (Å²) in [5.74, 6) is 0.819. The lowest BCUT2D eigenvalue weighted by molar-refractivity contribution is 0.399. The zero-order valence-electron chi connectivity index (χ0n) is 8.52. The molecular formula is C11H11NO2S. The molecule has 0 aliphatic rings. The van der Waals surface area contributed by atoms with Crippen molar-refractivity contribution < 1.29 is 9.84 Å². The van der Waals surface area contributed by atoms with Crippen molar-refractivity contribution in [2.45, 2.75) is 4.90 Å². The van der Waals surface area contributed by atoms with Gasteiger partial charge >= 0.3 is 0 Å². The zero-order valence-corrected chi connectivity index (χ0v) is 9.34. The van der Waals surface area contributed by atoms with E-state index in [9.17, 15) is 5.11 Å². The van der Waals surface area contributed by atoms with Gasteiger partial charge in [-0.05, 0) is 24.5 Å². The highest BCUT2D eigenvalue weighted by molar-refractivity contribution is 7.99. The lowest BCUT2D eigenvalue weighted by Crippen LogP contribution is -1.89. The molecule has 0 aliphatic heterocycles. The fraction of sp³-hybridized carbons (Fsp3) is 0.182. The Hall–Kier alpha value is -1.42. The SMILES string of the molecule is COc1ccc2ccc(O)c(SC)c2n1. The number of pyridine rings is 1. The smallest absolute Gasteiger partial charge is 0.213 e. The zero-order chi connectivity index (χ0) is 10.8. The summed E-state index contributed by atoms with van der Waals surface area (Å²) in [4.78, 5) is 5.11. The van der Waals surface area contributed by atoms with Gasteiger partial charge in [-0.2, -0.15) is 0 Å². The van der Waals surface area contributed by atoms with Crippen LogP contribution in [0.3, 0.4) is 0 Å². The Bertz CT molecular complexity index is 499. The number of phenols is 1. The van der Waals surface area contributed by atoms with E-state index in [1.165, 1.54) is 11.8 Å². The Morgan fingerprint density at radius 1 is 1.27 bits per heavy atom. The maximum atomic E-state index is 9.67. The predicted octanol–water partition coefficient (Wildman–Crippen LogP) is 2.67. The van der Waals surface area contributed by atoms with Gasteiger partial charge in [0.1, 0.15) is 5.75 Å². The quantitative estimate of drug-likeness (QED) is 0.792. The Morgan fingerprint density at radius 2 is 2.00 bits per heavy atom. The maximum absolute atomic E-state index is 9.67. The third kappa shape index (κ3) is 1.72. The molecule has 0 radical (unpaired) electrons. The molecule has 0 saturated carbocycles. The number of hydrogen-bond acceptors (Lipinski definition) is 4. The third-order valence-corrected chi connectivity index (χ3v) is 2.99. The summed E-state index contributed by atoms with van der Waals surface area (Å²) in [7, 11) is 1.58. The molecule has 2 rings (SSSR count). The molecule has 0 saturated heterocycles. The lowest BCUT2D eigenvalue weighted by atomic mass is 10.2. The van der Waals surface area contributed by atoms with Crippen molar-refractivity contribution >= 4 is 22.7 Å². The van der Waals surface area contributed by atoms with Gasteiger partial charge in [-0.15, -0.1) is 11.8 Å². The average Bonchev–Trinajstić information content (AvgIpc) is 2.28. The summed E-state index contributed by atoms with van der Waals surface area (Å²) in [6.45, 7) is 0. The third-order valence-electron chi connectivity index (χ3n) is 2.18. The van der Waals surface area contributed by atoms with Gasteiger partial charge < -0.3 is 9.84 Å². The highest BCUT2D eigenvalue weighted by atomic mass is 32.2. The van der Waals surface area contributed by atoms with Gasteiger partial charge in [0, 0.05) is 11.5 Å². The van der Waals surface area contributed by atoms with E-state index >= 15 is 0 Å². The first-order valence-corrected chi connectivity index (χ1v) is 5.69. The van der Waals surface area contributed by atoms with E-state index in [4.69, 9.17) is 4.74 Å². The van der Waals surface area contributed by atoms with Gasteiger partial charge in [-0.3, -0.25) is 0 Å². The summed E-state index contributed by atoms with van der Waals surface area (Å²) in [5.41, 5.74) is 0.779. The molecule has 0 fully saturated rings. The van der Waals surface area contributed by atoms with E-state index in [2.05, 4.69) is 4.98 Å². The van der Waals surface area contributed by atoms with Crippen molar-refractivity contribution in [3.63, 3.8) is 0 Å². The summed E-state index contributed by atoms with van der Waals surface area (Å²) in [6.07, 6.45) is 1.91. The van der Waals surface area contributed by atoms with Crippen molar-refractivity contribution in [1.82, 2.24) is 4.98 Å². The van der Waals surface area contributed by atoms with E-state index in [0.29, 0.717) is 5.88 Å². The molecule has 0 aliphatic carbocycles. The van der Waals surface area contributed by atoms with Crippen LogP contribution in [-0.2, 0) is 0 Å². The van der Waals surface area contributed by atoms with Gasteiger partial charge in [-0.1, -0.05) is 0 Å². The van der Waals surface area contributed by atoms with Crippen molar-refractivity contribution in [1.29, 1.82) is 0 Å². The number of rotatable bonds is 2. The molecule has 15 heavy (non-hydrogen) atoms. The number of nitrogens with zero attached hydrogens (tertiary/aromatic N) is 1. The molecule has 78 valence electrons. The standard InChI is InChI=1S/C11H11NO2S/c1-14-9-6-4-7-3-5-8(13)11(15-2)10(7)12-9/h3-6,13H,1-2H3. The molecule has 0 atom stereocenters. The molecule has 0 unspecified atom stereocenters. The molecule has 1 aromatic carbocycles. The largest absolute Gasteiger partial charge is 0.507 e. The van der Waals surface area contributed by atoms with Crippen LogP contribution in [0.2, 0.25) is 0 Å². The van der Waals surface area contributed by atoms with Gasteiger partial charge in [0.25, 0.3) is 0 Å². The second-order valence-corrected chi connectivity index (χ2v) is 3.86. The fourth-order valence-corrected chi connectivity index (χ4v) is 2.08. The Balaban J connectivity index is 2.76. The molecule has 1 N–H and O–H groups in total. The van der Waals surface area contributed by atoms with Crippen LogP contribution >= 0.6 is 11.8 Å². The summed E-state index contributed by atoms with van der Waals surface area (Å²) >= 11 is 1.48. The minimum Gasteiger partial charge on any atom is -0.507 e. The van der Waals surface area contributed by atoms with Gasteiger partial charge in [0.05, 0.1) is 17.5 Å². The second-order valence-electron chi connectivity index (χ2n) is 3.04. The number of phenolic OH excluding ortho intramolecular Hbond substituents is 1. The summed E-state index contributed by atoms with van der Waals surface area (Å²) < 4.78 is 5.06. The minimum atomic E-state index is 0.260. The lowest BCUT2D eigenvalue weighted by Gasteiger charge is -2.06. The van der Waals surface area contributed by atoms with Crippen LogP contribution in [0, 0.1) is 0 Å². The van der Waals surface area contributed by atoms with Gasteiger partial charge in [0.2, 0.25) is 5.88 Å². The van der Waals surface area contributed by atoms with E-state index in [1.54, 1.807) is 13.2 Å². The Kier molecular flexibility index (Phi) is 2.68. The first kappa shape index (κ1) is 10.1. The van der Waals surface area contributed by atoms with Crippen molar-refractivity contribution in [2.75, 3.05) is 13.4 Å². The molecule has 1 heterocycles. The van der Waals surface area contributed by atoms with E-state index < -0.39 is 0 Å². The van der Waals surface area contributed by atoms with E-state index in [0.717, 1.165) is 15.8 Å². The number of fused-ring (bicyclic) bond motifs is 1. The molecule has 1 aromatic heterocycles. The highest BCUT2D eigenvalue weighted by Gasteiger charge is 2.08. The Morgan fingerprint density at radius 3 is 2.67 bits per heavy atom. The molecule has 4 heteroatoms. The number of hydrogen-bond donors (Lipinski definition) is 1. The van der Waals surface area contributed by atoms with Crippen LogP contribution in [0.25, 0.3) is 10.9 Å². The van der Waals surface area contributed by atoms with Crippen molar-refractivity contribution in [3.05, 3.63) is 24.3 Å². The molecule has 2 aromatic rings. The first-order chi connectivity index (χ1) is 7.26. The number of methoxy groups -OCH3 is 1. The maximum Gasteiger partial charge on any atom is 0.213 e. The fourth-order valence-electron chi connectivity index (χ4n) is 1.45. The molecular weight excluding hydrogens is 210 g/mol.